The molecule has 2 aromatic carbocycles. The standard InChI is InChI=1S/C19H26N4O2.C18H24N4O2.C2HF3O/c1-3-7-22-10-15(11-23-13-20-12-21-23)25-19-9-16-14(8-17(19)22)5-4-6-18(16)24-2;1-2-6-21-9-14(10-22-12-19-11-20-22)24-18-8-15-13(7-16(18)21)4-3-5-17(15)23;3-2(4,5)1-6/h4-6,12-13,15,17,19H,3,7-11H2,1-2H3;3-5,11-12,14,16,18,23H,2,6-10H2,1H3;1H/t15-,17+,19+;14-,16+,18+;/m00./s1. The fourth-order valence-electron chi connectivity index (χ4n) is 8.40. The molecule has 4 aromatic rings. The fourth-order valence-corrected chi connectivity index (χ4v) is 8.40. The number of fused-ring (bicyclic) bond motifs is 4. The average Bonchev–Trinajstić information content (AvgIpc) is 3.89. The molecular weight excluding hydrogens is 717 g/mol. The van der Waals surface area contributed by atoms with Gasteiger partial charge in [-0.25, -0.2) is 9.97 Å². The van der Waals surface area contributed by atoms with Crippen molar-refractivity contribution >= 4 is 6.29 Å². The van der Waals surface area contributed by atoms with Crippen LogP contribution in [0, 0.1) is 0 Å². The van der Waals surface area contributed by atoms with E-state index in [1.165, 1.54) is 16.7 Å². The summed E-state index contributed by atoms with van der Waals surface area (Å²) in [5.74, 6) is 1.38. The summed E-state index contributed by atoms with van der Waals surface area (Å²) in [5.41, 5.74) is 5.02. The van der Waals surface area contributed by atoms with Gasteiger partial charge in [-0.3, -0.25) is 24.0 Å². The summed E-state index contributed by atoms with van der Waals surface area (Å²) in [6.45, 7) is 10.00. The van der Waals surface area contributed by atoms with Crippen LogP contribution in [-0.2, 0) is 53.0 Å². The summed E-state index contributed by atoms with van der Waals surface area (Å²) < 4.78 is 53.5. The molecule has 55 heavy (non-hydrogen) atoms. The molecule has 0 radical (unpaired) electrons. The predicted octanol–water partition coefficient (Wildman–Crippen LogP) is 4.31. The minimum absolute atomic E-state index is 0.104. The number of phenols is 1. The SMILES string of the molecule is CCCN1C[C@@H](Cn2cncn2)O[C@@H]2Cc3c(O)cccc3C[C@H]21.CCCN1C[C@@H](Cn2cncn2)O[C@@H]2Cc3c(cccc3OC)C[C@H]21.O=CC(F)(F)F. The molecule has 0 bridgehead atoms. The van der Waals surface area contributed by atoms with Gasteiger partial charge in [0.05, 0.1) is 44.6 Å². The van der Waals surface area contributed by atoms with E-state index in [-0.39, 0.29) is 24.4 Å². The summed E-state index contributed by atoms with van der Waals surface area (Å²) in [5, 5.41) is 18.6. The van der Waals surface area contributed by atoms with Crippen LogP contribution in [0.1, 0.15) is 48.9 Å². The summed E-state index contributed by atoms with van der Waals surface area (Å²) in [6.07, 6.45) is 7.48. The molecule has 0 saturated carbocycles. The first-order valence-electron chi connectivity index (χ1n) is 19.0. The number of aromatic hydroxyl groups is 1. The van der Waals surface area contributed by atoms with Crippen molar-refractivity contribution in [3.05, 3.63) is 84.0 Å². The lowest BCUT2D eigenvalue weighted by molar-refractivity contribution is -0.156. The number of hydrogen-bond donors (Lipinski definition) is 1. The third kappa shape index (κ3) is 10.3. The van der Waals surface area contributed by atoms with Crippen molar-refractivity contribution in [1.29, 1.82) is 0 Å². The number of ether oxygens (including phenoxy) is 3. The molecule has 16 heteroatoms. The zero-order chi connectivity index (χ0) is 39.0. The second-order valence-electron chi connectivity index (χ2n) is 14.4. The highest BCUT2D eigenvalue weighted by Gasteiger charge is 2.42. The average molecular weight is 769 g/mol. The van der Waals surface area contributed by atoms with Gasteiger partial charge in [-0.1, -0.05) is 38.1 Å². The van der Waals surface area contributed by atoms with E-state index in [4.69, 9.17) is 19.0 Å². The van der Waals surface area contributed by atoms with Crippen LogP contribution < -0.4 is 4.74 Å². The lowest BCUT2D eigenvalue weighted by atomic mass is 9.83. The Morgan fingerprint density at radius 1 is 0.800 bits per heavy atom. The Balaban J connectivity index is 0.000000163. The number of alkyl halides is 3. The van der Waals surface area contributed by atoms with Gasteiger partial charge in [0.2, 0.25) is 6.29 Å². The molecule has 0 unspecified atom stereocenters. The second kappa shape index (κ2) is 18.5. The molecular formula is C39H51F3N8O5. The van der Waals surface area contributed by atoms with Crippen LogP contribution in [0.2, 0.25) is 0 Å². The van der Waals surface area contributed by atoms with Gasteiger partial charge < -0.3 is 19.3 Å². The Hall–Kier alpha value is -4.38. The van der Waals surface area contributed by atoms with Gasteiger partial charge >= 0.3 is 6.18 Å². The second-order valence-corrected chi connectivity index (χ2v) is 14.4. The topological polar surface area (TPSA) is 133 Å². The van der Waals surface area contributed by atoms with Gasteiger partial charge in [-0.05, 0) is 73.2 Å². The van der Waals surface area contributed by atoms with E-state index in [0.29, 0.717) is 17.8 Å². The van der Waals surface area contributed by atoms with Gasteiger partial charge in [0.25, 0.3) is 0 Å². The van der Waals surface area contributed by atoms with Crippen LogP contribution in [0.25, 0.3) is 0 Å². The van der Waals surface area contributed by atoms with E-state index < -0.39 is 12.5 Å². The number of methoxy groups -OCH3 is 1. The number of morpholine rings is 2. The van der Waals surface area contributed by atoms with Gasteiger partial charge in [0, 0.05) is 38.0 Å². The van der Waals surface area contributed by atoms with Crippen LogP contribution in [0.3, 0.4) is 0 Å². The number of halogens is 3. The predicted molar refractivity (Wildman–Crippen MR) is 197 cm³/mol. The molecule has 2 aliphatic heterocycles. The van der Waals surface area contributed by atoms with Crippen molar-refractivity contribution in [2.45, 2.75) is 108 Å². The maximum atomic E-state index is 10.4. The highest BCUT2D eigenvalue weighted by Crippen LogP contribution is 2.37. The Morgan fingerprint density at radius 3 is 1.75 bits per heavy atom. The van der Waals surface area contributed by atoms with Gasteiger partial charge in [-0.2, -0.15) is 23.4 Å². The molecule has 6 atom stereocenters. The Labute approximate surface area is 319 Å². The number of aldehydes is 1. The van der Waals surface area contributed by atoms with E-state index in [9.17, 15) is 18.3 Å². The van der Waals surface area contributed by atoms with Crippen molar-refractivity contribution in [3.63, 3.8) is 0 Å². The lowest BCUT2D eigenvalue weighted by Crippen LogP contribution is -2.58. The van der Waals surface area contributed by atoms with Crippen LogP contribution in [0.4, 0.5) is 13.2 Å². The Kier molecular flexibility index (Phi) is 13.6. The third-order valence-corrected chi connectivity index (χ3v) is 10.6. The largest absolute Gasteiger partial charge is 0.508 e. The molecule has 0 spiro atoms. The van der Waals surface area contributed by atoms with Crippen molar-refractivity contribution in [2.24, 2.45) is 0 Å². The van der Waals surface area contributed by atoms with Crippen LogP contribution in [0.15, 0.2) is 61.7 Å². The number of aromatic nitrogens is 6. The lowest BCUT2D eigenvalue weighted by Gasteiger charge is -2.47. The number of carbonyl (C=O) groups excluding carboxylic acids is 1. The first-order valence-corrected chi connectivity index (χ1v) is 19.0. The van der Waals surface area contributed by atoms with Crippen LogP contribution in [0.5, 0.6) is 11.5 Å². The summed E-state index contributed by atoms with van der Waals surface area (Å²) >= 11 is 0. The fraction of sp³-hybridized carbons (Fsp3) is 0.564. The maximum Gasteiger partial charge on any atom is 0.446 e. The Morgan fingerprint density at radius 2 is 1.29 bits per heavy atom. The van der Waals surface area contributed by atoms with Crippen LogP contribution >= 0.6 is 0 Å². The molecule has 2 aliphatic carbocycles. The Bertz CT molecular complexity index is 1790. The number of nitrogens with zero attached hydrogens (tertiary/aromatic N) is 8. The smallest absolute Gasteiger partial charge is 0.446 e. The summed E-state index contributed by atoms with van der Waals surface area (Å²) in [4.78, 5) is 21.9. The van der Waals surface area contributed by atoms with E-state index in [1.807, 2.05) is 15.4 Å². The number of phenolic OH excluding ortho intramolecular Hbond substituents is 1. The van der Waals surface area contributed by atoms with Gasteiger partial charge in [0.1, 0.15) is 36.8 Å². The maximum absolute atomic E-state index is 10.4. The van der Waals surface area contributed by atoms with Crippen molar-refractivity contribution in [3.8, 4) is 11.5 Å². The number of carbonyl (C=O) groups is 1. The molecule has 2 fully saturated rings. The minimum Gasteiger partial charge on any atom is -0.508 e. The molecule has 8 rings (SSSR count). The third-order valence-electron chi connectivity index (χ3n) is 10.6. The van der Waals surface area contributed by atoms with Crippen molar-refractivity contribution in [1.82, 2.24) is 39.3 Å². The van der Waals surface area contributed by atoms with E-state index >= 15 is 0 Å². The van der Waals surface area contributed by atoms with Crippen LogP contribution in [-0.4, -0.2) is 127 Å². The first-order chi connectivity index (χ1) is 26.6. The zero-order valence-electron chi connectivity index (χ0n) is 31.6. The van der Waals surface area contributed by atoms with Crippen molar-refractivity contribution in [2.75, 3.05) is 33.3 Å². The molecule has 4 aliphatic rings. The van der Waals surface area contributed by atoms with Crippen molar-refractivity contribution < 1.29 is 37.3 Å². The van der Waals surface area contributed by atoms with E-state index in [2.05, 4.69) is 68.1 Å². The quantitative estimate of drug-likeness (QED) is 0.245. The van der Waals surface area contributed by atoms with Gasteiger partial charge in [0.15, 0.2) is 0 Å². The molecule has 0 amide bonds. The first kappa shape index (κ1) is 40.3. The monoisotopic (exact) mass is 768 g/mol. The summed E-state index contributed by atoms with van der Waals surface area (Å²) in [6, 6.07) is 13.1. The molecule has 2 aromatic heterocycles. The number of hydrogen-bond acceptors (Lipinski definition) is 11. The highest BCUT2D eigenvalue weighted by atomic mass is 19.4. The molecule has 2 saturated heterocycles. The number of benzene rings is 2. The normalized spacial score (nSPS) is 24.8. The summed E-state index contributed by atoms with van der Waals surface area (Å²) in [7, 11) is 1.75. The molecule has 13 nitrogen and oxygen atoms in total. The molecule has 298 valence electrons. The minimum atomic E-state index is -4.64. The zero-order valence-corrected chi connectivity index (χ0v) is 31.6. The van der Waals surface area contributed by atoms with Gasteiger partial charge in [-0.15, -0.1) is 0 Å². The molecule has 1 N–H and O–H groups in total. The molecule has 4 heterocycles. The van der Waals surface area contributed by atoms with E-state index in [0.717, 1.165) is 89.1 Å². The highest BCUT2D eigenvalue weighted by molar-refractivity contribution is 5.56. The number of rotatable bonds is 9. The van der Waals surface area contributed by atoms with E-state index in [1.54, 1.807) is 38.5 Å².